The number of carbonyl (C=O) groups is 1. The molecule has 0 bridgehead atoms. The number of H-pyrrole nitrogens is 1. The fourth-order valence-electron chi connectivity index (χ4n) is 2.84. The third kappa shape index (κ3) is 3.18. The number of aromatic nitrogens is 2. The Labute approximate surface area is 129 Å². The molecule has 0 aromatic carbocycles. The maximum atomic E-state index is 12.5. The van der Waals surface area contributed by atoms with E-state index in [1.165, 1.54) is 29.7 Å². The number of rotatable bonds is 4. The second kappa shape index (κ2) is 6.43. The quantitative estimate of drug-likeness (QED) is 0.848. The number of aryl methyl sites for hydroxylation is 2. The lowest BCUT2D eigenvalue weighted by molar-refractivity contribution is 0.0938. The van der Waals surface area contributed by atoms with Crippen LogP contribution < -0.4 is 5.32 Å². The maximum Gasteiger partial charge on any atom is 0.261 e. The number of nitrogens with one attached hydrogen (secondary N) is 2. The monoisotopic (exact) mass is 303 g/mol. The molecule has 112 valence electrons. The Morgan fingerprint density at radius 1 is 1.43 bits per heavy atom. The van der Waals surface area contributed by atoms with E-state index in [4.69, 9.17) is 0 Å². The number of carbonyl (C=O) groups excluding carboxylic acids is 1. The summed E-state index contributed by atoms with van der Waals surface area (Å²) in [7, 11) is 0. The molecule has 2 heterocycles. The van der Waals surface area contributed by atoms with E-state index in [2.05, 4.69) is 28.3 Å². The average Bonchev–Trinajstić information content (AvgIpc) is 3.11. The van der Waals surface area contributed by atoms with Gasteiger partial charge in [0.2, 0.25) is 0 Å². The number of aromatic amines is 1. The van der Waals surface area contributed by atoms with Gasteiger partial charge >= 0.3 is 0 Å². The standard InChI is InChI=1S/C16H21N3OS/c1-2-12(15-17-8-9-18-15)19-16(20)14-10-11-6-4-3-5-7-13(11)21-14/h8-10,12H,2-7H2,1H3,(H,17,18)(H,19,20). The van der Waals surface area contributed by atoms with Gasteiger partial charge in [-0.1, -0.05) is 13.3 Å². The highest BCUT2D eigenvalue weighted by Gasteiger charge is 2.20. The minimum absolute atomic E-state index is 0.0244. The molecule has 0 saturated carbocycles. The van der Waals surface area contributed by atoms with E-state index in [0.717, 1.165) is 30.0 Å². The lowest BCUT2D eigenvalue weighted by Crippen LogP contribution is -2.28. The Bertz CT molecular complexity index is 580. The smallest absolute Gasteiger partial charge is 0.261 e. The molecule has 1 aliphatic carbocycles. The van der Waals surface area contributed by atoms with E-state index < -0.39 is 0 Å². The molecular formula is C16H21N3OS. The third-order valence-electron chi connectivity index (χ3n) is 4.03. The van der Waals surface area contributed by atoms with E-state index in [0.29, 0.717) is 0 Å². The van der Waals surface area contributed by atoms with Crippen LogP contribution >= 0.6 is 11.3 Å². The summed E-state index contributed by atoms with van der Waals surface area (Å²) in [6.45, 7) is 2.05. The number of imidazole rings is 1. The molecule has 4 nitrogen and oxygen atoms in total. The minimum atomic E-state index is -0.0468. The van der Waals surface area contributed by atoms with Crippen LogP contribution in [0.25, 0.3) is 0 Å². The number of fused-ring (bicyclic) bond motifs is 1. The van der Waals surface area contributed by atoms with E-state index >= 15 is 0 Å². The zero-order chi connectivity index (χ0) is 14.7. The van der Waals surface area contributed by atoms with Gasteiger partial charge in [0.1, 0.15) is 5.82 Å². The largest absolute Gasteiger partial charge is 0.347 e. The molecule has 3 rings (SSSR count). The van der Waals surface area contributed by atoms with Crippen LogP contribution in [0.5, 0.6) is 0 Å². The lowest BCUT2D eigenvalue weighted by Gasteiger charge is -2.13. The van der Waals surface area contributed by atoms with Crippen molar-refractivity contribution in [2.45, 2.75) is 51.5 Å². The summed E-state index contributed by atoms with van der Waals surface area (Å²) in [5.41, 5.74) is 1.38. The van der Waals surface area contributed by atoms with Crippen molar-refractivity contribution in [1.82, 2.24) is 15.3 Å². The van der Waals surface area contributed by atoms with Crippen LogP contribution in [0.2, 0.25) is 0 Å². The number of amides is 1. The molecule has 5 heteroatoms. The fraction of sp³-hybridized carbons (Fsp3) is 0.500. The summed E-state index contributed by atoms with van der Waals surface area (Å²) in [6.07, 6.45) is 10.4. The van der Waals surface area contributed by atoms with Crippen LogP contribution in [-0.2, 0) is 12.8 Å². The predicted octanol–water partition coefficient (Wildman–Crippen LogP) is 3.62. The van der Waals surface area contributed by atoms with Crippen molar-refractivity contribution < 1.29 is 4.79 Å². The van der Waals surface area contributed by atoms with E-state index in [1.54, 1.807) is 23.7 Å². The molecule has 2 aromatic heterocycles. The molecule has 0 spiro atoms. The van der Waals surface area contributed by atoms with Crippen molar-refractivity contribution in [3.8, 4) is 0 Å². The van der Waals surface area contributed by atoms with Crippen molar-refractivity contribution in [3.05, 3.63) is 39.6 Å². The summed E-state index contributed by atoms with van der Waals surface area (Å²) >= 11 is 1.66. The van der Waals surface area contributed by atoms with Gasteiger partial charge in [-0.3, -0.25) is 4.79 Å². The highest BCUT2D eigenvalue weighted by Crippen LogP contribution is 2.29. The van der Waals surface area contributed by atoms with Gasteiger partial charge < -0.3 is 10.3 Å². The van der Waals surface area contributed by atoms with Crippen LogP contribution in [0, 0.1) is 0 Å². The Morgan fingerprint density at radius 2 is 2.29 bits per heavy atom. The first-order valence-electron chi connectivity index (χ1n) is 7.69. The van der Waals surface area contributed by atoms with Gasteiger partial charge in [-0.2, -0.15) is 0 Å². The molecule has 1 amide bonds. The molecule has 2 aromatic rings. The van der Waals surface area contributed by atoms with Gasteiger partial charge in [-0.25, -0.2) is 4.98 Å². The molecule has 1 aliphatic rings. The molecule has 0 saturated heterocycles. The zero-order valence-electron chi connectivity index (χ0n) is 12.3. The fourth-order valence-corrected chi connectivity index (χ4v) is 4.00. The van der Waals surface area contributed by atoms with Crippen LogP contribution in [0.4, 0.5) is 0 Å². The highest BCUT2D eigenvalue weighted by atomic mass is 32.1. The number of hydrogen-bond donors (Lipinski definition) is 2. The summed E-state index contributed by atoms with van der Waals surface area (Å²) < 4.78 is 0. The normalized spacial score (nSPS) is 16.0. The van der Waals surface area contributed by atoms with Gasteiger partial charge in [-0.05, 0) is 43.7 Å². The summed E-state index contributed by atoms with van der Waals surface area (Å²) in [5.74, 6) is 0.847. The molecule has 0 radical (unpaired) electrons. The van der Waals surface area contributed by atoms with Gasteiger partial charge in [0.15, 0.2) is 0 Å². The molecular weight excluding hydrogens is 282 g/mol. The number of nitrogens with zero attached hydrogens (tertiary/aromatic N) is 1. The minimum Gasteiger partial charge on any atom is -0.347 e. The van der Waals surface area contributed by atoms with Gasteiger partial charge in [0, 0.05) is 17.3 Å². The Morgan fingerprint density at radius 3 is 3.05 bits per heavy atom. The summed E-state index contributed by atoms with van der Waals surface area (Å²) in [6, 6.07) is 2.05. The van der Waals surface area contributed by atoms with E-state index in [-0.39, 0.29) is 11.9 Å². The molecule has 0 fully saturated rings. The first-order valence-corrected chi connectivity index (χ1v) is 8.51. The molecule has 2 N–H and O–H groups in total. The van der Waals surface area contributed by atoms with Crippen molar-refractivity contribution in [2.24, 2.45) is 0 Å². The van der Waals surface area contributed by atoms with Gasteiger partial charge in [0.05, 0.1) is 10.9 Å². The SMILES string of the molecule is CCC(NC(=O)c1cc2c(s1)CCCCC2)c1ncc[nH]1. The second-order valence-electron chi connectivity index (χ2n) is 5.53. The topological polar surface area (TPSA) is 57.8 Å². The van der Waals surface area contributed by atoms with Crippen molar-refractivity contribution in [3.63, 3.8) is 0 Å². The third-order valence-corrected chi connectivity index (χ3v) is 5.27. The van der Waals surface area contributed by atoms with E-state index in [1.807, 2.05) is 0 Å². The Balaban J connectivity index is 1.73. The van der Waals surface area contributed by atoms with Gasteiger partial charge in [-0.15, -0.1) is 11.3 Å². The van der Waals surface area contributed by atoms with Crippen LogP contribution in [0.1, 0.15) is 64.6 Å². The van der Waals surface area contributed by atoms with Gasteiger partial charge in [0.25, 0.3) is 5.91 Å². The zero-order valence-corrected chi connectivity index (χ0v) is 13.1. The average molecular weight is 303 g/mol. The Hall–Kier alpha value is -1.62. The molecule has 0 aliphatic heterocycles. The molecule has 21 heavy (non-hydrogen) atoms. The van der Waals surface area contributed by atoms with Crippen molar-refractivity contribution in [2.75, 3.05) is 0 Å². The molecule has 1 unspecified atom stereocenters. The predicted molar refractivity (Wildman–Crippen MR) is 84.7 cm³/mol. The van der Waals surface area contributed by atoms with Crippen molar-refractivity contribution >= 4 is 17.2 Å². The highest BCUT2D eigenvalue weighted by molar-refractivity contribution is 7.14. The molecule has 1 atom stereocenters. The number of thiophene rings is 1. The maximum absolute atomic E-state index is 12.5. The summed E-state index contributed by atoms with van der Waals surface area (Å²) in [4.78, 5) is 22.0. The van der Waals surface area contributed by atoms with Crippen molar-refractivity contribution in [1.29, 1.82) is 0 Å². The Kier molecular flexibility index (Phi) is 4.39. The summed E-state index contributed by atoms with van der Waals surface area (Å²) in [5, 5.41) is 3.09. The van der Waals surface area contributed by atoms with Crippen LogP contribution in [0.3, 0.4) is 0 Å². The second-order valence-corrected chi connectivity index (χ2v) is 6.67. The van der Waals surface area contributed by atoms with Crippen LogP contribution in [0.15, 0.2) is 18.5 Å². The first kappa shape index (κ1) is 14.3. The number of hydrogen-bond acceptors (Lipinski definition) is 3. The lowest BCUT2D eigenvalue weighted by atomic mass is 10.1. The van der Waals surface area contributed by atoms with E-state index in [9.17, 15) is 4.79 Å². The van der Waals surface area contributed by atoms with Crippen LogP contribution in [-0.4, -0.2) is 15.9 Å². The first-order chi connectivity index (χ1) is 10.3.